The van der Waals surface area contributed by atoms with Crippen molar-refractivity contribution in [2.75, 3.05) is 26.2 Å². The first-order valence-electron chi connectivity index (χ1n) is 9.44. The van der Waals surface area contributed by atoms with E-state index in [0.29, 0.717) is 26.1 Å². The van der Waals surface area contributed by atoms with Crippen LogP contribution in [0.25, 0.3) is 0 Å². The molecule has 27 heavy (non-hydrogen) atoms. The highest BCUT2D eigenvalue weighted by atomic mass is 127. The molecule has 152 valence electrons. The van der Waals surface area contributed by atoms with Crippen molar-refractivity contribution in [2.45, 2.75) is 52.0 Å². The molecule has 7 heteroatoms. The molecule has 0 radical (unpaired) electrons. The van der Waals surface area contributed by atoms with Crippen LogP contribution in [0.15, 0.2) is 29.3 Å². The molecule has 1 aromatic rings. The van der Waals surface area contributed by atoms with Crippen molar-refractivity contribution in [3.8, 4) is 5.75 Å². The van der Waals surface area contributed by atoms with Gasteiger partial charge in [-0.05, 0) is 30.4 Å². The number of nitrogens with zero attached hydrogens (tertiary/aromatic N) is 1. The van der Waals surface area contributed by atoms with E-state index >= 15 is 0 Å². The Bertz CT molecular complexity index is 619. The molecule has 1 saturated heterocycles. The van der Waals surface area contributed by atoms with Crippen LogP contribution in [0.3, 0.4) is 0 Å². The van der Waals surface area contributed by atoms with Crippen LogP contribution in [0.1, 0.15) is 46.1 Å². The average molecular weight is 488 g/mol. The minimum Gasteiger partial charge on any atom is -0.491 e. The second kappa shape index (κ2) is 11.4. The first kappa shape index (κ1) is 23.5. The number of aliphatic imine (C=N–C) groups is 1. The third kappa shape index (κ3) is 7.94. The Morgan fingerprint density at radius 3 is 2.70 bits per heavy atom. The van der Waals surface area contributed by atoms with Gasteiger partial charge < -0.3 is 20.7 Å². The number of piperidine rings is 1. The molecule has 0 saturated carbocycles. The zero-order valence-corrected chi connectivity index (χ0v) is 19.1. The Kier molecular flexibility index (Phi) is 9.90. The number of ether oxygens (including phenoxy) is 1. The largest absolute Gasteiger partial charge is 0.491 e. The first-order valence-corrected chi connectivity index (χ1v) is 9.44. The first-order chi connectivity index (χ1) is 12.4. The number of rotatable bonds is 6. The monoisotopic (exact) mass is 488 g/mol. The van der Waals surface area contributed by atoms with Gasteiger partial charge >= 0.3 is 0 Å². The minimum absolute atomic E-state index is 0. The number of benzene rings is 1. The third-order valence-corrected chi connectivity index (χ3v) is 4.26. The summed E-state index contributed by atoms with van der Waals surface area (Å²) in [6.07, 6.45) is 1.38. The Hall–Kier alpha value is -1.51. The number of para-hydroxylation sites is 1. The van der Waals surface area contributed by atoms with Crippen LogP contribution in [-0.2, 0) is 10.2 Å². The Morgan fingerprint density at radius 2 is 2.07 bits per heavy atom. The standard InChI is InChI=1S/C20H32N4O2.HI/c1-5-21-19(24-15-10-11-18(25)23-14-15)22-12-13-26-17-9-7-6-8-16(17)20(2,3)4;/h6-9,15H,5,10-14H2,1-4H3,(H,23,25)(H2,21,22,24);1H. The predicted molar refractivity (Wildman–Crippen MR) is 121 cm³/mol. The lowest BCUT2D eigenvalue weighted by Crippen LogP contribution is -2.51. The summed E-state index contributed by atoms with van der Waals surface area (Å²) >= 11 is 0. The zero-order valence-electron chi connectivity index (χ0n) is 16.8. The molecule has 0 aromatic heterocycles. The number of hydrogen-bond acceptors (Lipinski definition) is 3. The summed E-state index contributed by atoms with van der Waals surface area (Å²) in [6, 6.07) is 8.38. The molecule has 1 heterocycles. The van der Waals surface area contributed by atoms with E-state index in [1.54, 1.807) is 0 Å². The number of carbonyl (C=O) groups excluding carboxylic acids is 1. The summed E-state index contributed by atoms with van der Waals surface area (Å²) in [4.78, 5) is 15.9. The van der Waals surface area contributed by atoms with Gasteiger partial charge in [0.2, 0.25) is 5.91 Å². The highest BCUT2D eigenvalue weighted by Crippen LogP contribution is 2.30. The van der Waals surface area contributed by atoms with Crippen LogP contribution >= 0.6 is 24.0 Å². The van der Waals surface area contributed by atoms with Gasteiger partial charge in [-0.1, -0.05) is 39.0 Å². The smallest absolute Gasteiger partial charge is 0.220 e. The third-order valence-electron chi connectivity index (χ3n) is 4.26. The van der Waals surface area contributed by atoms with Crippen LogP contribution in [0.2, 0.25) is 0 Å². The fourth-order valence-corrected chi connectivity index (χ4v) is 2.89. The van der Waals surface area contributed by atoms with Crippen molar-refractivity contribution in [2.24, 2.45) is 4.99 Å². The van der Waals surface area contributed by atoms with E-state index in [4.69, 9.17) is 4.74 Å². The summed E-state index contributed by atoms with van der Waals surface area (Å²) in [5.41, 5.74) is 1.24. The highest BCUT2D eigenvalue weighted by Gasteiger charge is 2.19. The summed E-state index contributed by atoms with van der Waals surface area (Å²) in [5.74, 6) is 1.81. The minimum atomic E-state index is 0. The maximum atomic E-state index is 11.3. The van der Waals surface area contributed by atoms with Gasteiger partial charge in [0.25, 0.3) is 0 Å². The van der Waals surface area contributed by atoms with Crippen molar-refractivity contribution in [3.63, 3.8) is 0 Å². The molecule has 1 atom stereocenters. The molecule has 1 amide bonds. The molecule has 1 fully saturated rings. The Morgan fingerprint density at radius 1 is 1.33 bits per heavy atom. The molecular formula is C20H33IN4O2. The van der Waals surface area contributed by atoms with Gasteiger partial charge in [0.05, 0.1) is 6.54 Å². The molecule has 1 aliphatic heterocycles. The number of amides is 1. The van der Waals surface area contributed by atoms with Gasteiger partial charge in [-0.2, -0.15) is 0 Å². The van der Waals surface area contributed by atoms with E-state index in [1.807, 2.05) is 25.1 Å². The molecule has 1 aliphatic rings. The molecule has 1 aromatic carbocycles. The van der Waals surface area contributed by atoms with Crippen molar-refractivity contribution >= 4 is 35.8 Å². The second-order valence-electron chi connectivity index (χ2n) is 7.54. The van der Waals surface area contributed by atoms with E-state index in [2.05, 4.69) is 47.8 Å². The highest BCUT2D eigenvalue weighted by molar-refractivity contribution is 14.0. The van der Waals surface area contributed by atoms with Crippen LogP contribution < -0.4 is 20.7 Å². The lowest BCUT2D eigenvalue weighted by molar-refractivity contribution is -0.122. The van der Waals surface area contributed by atoms with Gasteiger partial charge in [-0.25, -0.2) is 4.99 Å². The summed E-state index contributed by atoms with van der Waals surface area (Å²) in [6.45, 7) is 11.1. The molecule has 2 rings (SSSR count). The van der Waals surface area contributed by atoms with Crippen LogP contribution in [-0.4, -0.2) is 44.1 Å². The van der Waals surface area contributed by atoms with Crippen molar-refractivity contribution in [1.29, 1.82) is 0 Å². The van der Waals surface area contributed by atoms with Crippen molar-refractivity contribution in [3.05, 3.63) is 29.8 Å². The molecule has 0 bridgehead atoms. The van der Waals surface area contributed by atoms with Crippen LogP contribution in [0, 0.1) is 0 Å². The molecule has 0 aliphatic carbocycles. The van der Waals surface area contributed by atoms with Gasteiger partial charge in [0.15, 0.2) is 5.96 Å². The Balaban J connectivity index is 0.00000364. The van der Waals surface area contributed by atoms with Gasteiger partial charge in [-0.3, -0.25) is 4.79 Å². The molecule has 3 N–H and O–H groups in total. The van der Waals surface area contributed by atoms with Crippen LogP contribution in [0.5, 0.6) is 5.75 Å². The van der Waals surface area contributed by atoms with Gasteiger partial charge in [-0.15, -0.1) is 24.0 Å². The van der Waals surface area contributed by atoms with Crippen LogP contribution in [0.4, 0.5) is 0 Å². The number of hydrogen-bond donors (Lipinski definition) is 3. The van der Waals surface area contributed by atoms with E-state index in [0.717, 1.165) is 24.7 Å². The fraction of sp³-hybridized carbons (Fsp3) is 0.600. The van der Waals surface area contributed by atoms with Crippen molar-refractivity contribution in [1.82, 2.24) is 16.0 Å². The summed E-state index contributed by atoms with van der Waals surface area (Å²) < 4.78 is 5.98. The maximum absolute atomic E-state index is 11.3. The van der Waals surface area contributed by atoms with E-state index in [1.165, 1.54) is 5.56 Å². The van der Waals surface area contributed by atoms with Gasteiger partial charge in [0, 0.05) is 25.6 Å². The molecular weight excluding hydrogens is 455 g/mol. The van der Waals surface area contributed by atoms with E-state index < -0.39 is 0 Å². The lowest BCUT2D eigenvalue weighted by Gasteiger charge is -2.25. The summed E-state index contributed by atoms with van der Waals surface area (Å²) in [7, 11) is 0. The van der Waals surface area contributed by atoms with E-state index in [-0.39, 0.29) is 41.3 Å². The maximum Gasteiger partial charge on any atom is 0.220 e. The van der Waals surface area contributed by atoms with Gasteiger partial charge in [0.1, 0.15) is 12.4 Å². The fourth-order valence-electron chi connectivity index (χ4n) is 2.89. The lowest BCUT2D eigenvalue weighted by atomic mass is 9.86. The number of guanidine groups is 1. The number of halogens is 1. The SMILES string of the molecule is CCNC(=NCCOc1ccccc1C(C)(C)C)NC1CCC(=O)NC1.I. The average Bonchev–Trinajstić information content (AvgIpc) is 2.60. The second-order valence-corrected chi connectivity index (χ2v) is 7.54. The normalized spacial score (nSPS) is 17.6. The number of nitrogens with one attached hydrogen (secondary N) is 3. The zero-order chi connectivity index (χ0) is 19.0. The van der Waals surface area contributed by atoms with Crippen molar-refractivity contribution < 1.29 is 9.53 Å². The number of carbonyl (C=O) groups is 1. The quantitative estimate of drug-likeness (QED) is 0.249. The molecule has 1 unspecified atom stereocenters. The molecule has 0 spiro atoms. The Labute approximate surface area is 179 Å². The van der Waals surface area contributed by atoms with E-state index in [9.17, 15) is 4.79 Å². The summed E-state index contributed by atoms with van der Waals surface area (Å²) in [5, 5.41) is 9.51. The topological polar surface area (TPSA) is 74.8 Å². The molecule has 6 nitrogen and oxygen atoms in total. The predicted octanol–water partition coefficient (Wildman–Crippen LogP) is 2.81.